The van der Waals surface area contributed by atoms with Crippen LogP contribution in [-0.4, -0.2) is 28.0 Å². The predicted octanol–water partition coefficient (Wildman–Crippen LogP) is 3.13. The largest absolute Gasteiger partial charge is 0.437 e. The highest BCUT2D eigenvalue weighted by Crippen LogP contribution is 2.33. The Balaban J connectivity index is 1.39. The Morgan fingerprint density at radius 2 is 2.16 bits per heavy atom. The van der Waals surface area contributed by atoms with Crippen molar-refractivity contribution in [3.63, 3.8) is 0 Å². The summed E-state index contributed by atoms with van der Waals surface area (Å²) < 4.78 is 5.66. The highest BCUT2D eigenvalue weighted by Gasteiger charge is 2.38. The summed E-state index contributed by atoms with van der Waals surface area (Å²) in [6.45, 7) is 0. The molecule has 6 heteroatoms. The fourth-order valence-corrected chi connectivity index (χ4v) is 3.85. The summed E-state index contributed by atoms with van der Waals surface area (Å²) >= 11 is 0. The van der Waals surface area contributed by atoms with Gasteiger partial charge >= 0.3 is 0 Å². The van der Waals surface area contributed by atoms with Crippen molar-refractivity contribution in [3.8, 4) is 11.6 Å². The van der Waals surface area contributed by atoms with Gasteiger partial charge in [-0.05, 0) is 37.3 Å². The quantitative estimate of drug-likeness (QED) is 0.896. The molecule has 1 aromatic carbocycles. The lowest BCUT2D eigenvalue weighted by Crippen LogP contribution is -2.39. The normalized spacial score (nSPS) is 25.2. The van der Waals surface area contributed by atoms with Gasteiger partial charge in [-0.25, -0.2) is 4.98 Å². The second-order valence-corrected chi connectivity index (χ2v) is 6.77. The number of aromatic nitrogens is 2. The molecule has 0 bridgehead atoms. The number of rotatable bonds is 4. The number of fused-ring (bicyclic) bond motifs is 1. The van der Waals surface area contributed by atoms with Crippen LogP contribution in [0.3, 0.4) is 0 Å². The summed E-state index contributed by atoms with van der Waals surface area (Å²) in [5, 5.41) is 6.51. The molecule has 2 fully saturated rings. The number of nitrogens with one attached hydrogen (secondary N) is 2. The highest BCUT2D eigenvalue weighted by molar-refractivity contribution is 5.95. The Morgan fingerprint density at radius 1 is 1.24 bits per heavy atom. The molecule has 1 saturated heterocycles. The molecule has 0 spiro atoms. The van der Waals surface area contributed by atoms with Crippen molar-refractivity contribution in [2.24, 2.45) is 5.92 Å². The summed E-state index contributed by atoms with van der Waals surface area (Å²) in [5.74, 6) is 1.72. The van der Waals surface area contributed by atoms with E-state index >= 15 is 0 Å². The van der Waals surface area contributed by atoms with Crippen LogP contribution in [0, 0.1) is 5.92 Å². The average Bonchev–Trinajstić information content (AvgIpc) is 3.07. The topological polar surface area (TPSA) is 76.1 Å². The molecule has 1 aliphatic carbocycles. The molecule has 2 aromatic rings. The van der Waals surface area contributed by atoms with Crippen LogP contribution in [0.4, 0.5) is 5.69 Å². The van der Waals surface area contributed by atoms with Crippen molar-refractivity contribution in [1.82, 2.24) is 15.3 Å². The van der Waals surface area contributed by atoms with Crippen LogP contribution in [0.25, 0.3) is 0 Å². The minimum atomic E-state index is -0.0994. The third-order valence-corrected chi connectivity index (χ3v) is 5.04. The zero-order chi connectivity index (χ0) is 17.1. The second-order valence-electron chi connectivity index (χ2n) is 6.77. The van der Waals surface area contributed by atoms with E-state index in [1.165, 1.54) is 25.7 Å². The van der Waals surface area contributed by atoms with Crippen LogP contribution in [-0.2, 0) is 4.79 Å². The number of hydrogen-bond acceptors (Lipinski definition) is 5. The molecule has 2 N–H and O–H groups in total. The van der Waals surface area contributed by atoms with E-state index in [9.17, 15) is 4.79 Å². The fraction of sp³-hybridized carbons (Fsp3) is 0.421. The molecule has 2 aliphatic rings. The number of carbonyl (C=O) groups is 1. The van der Waals surface area contributed by atoms with E-state index in [-0.39, 0.29) is 11.9 Å². The molecule has 130 valence electrons. The third kappa shape index (κ3) is 3.79. The van der Waals surface area contributed by atoms with E-state index in [4.69, 9.17) is 4.74 Å². The smallest absolute Gasteiger partial charge is 0.241 e. The lowest BCUT2D eigenvalue weighted by Gasteiger charge is -2.24. The molecule has 3 unspecified atom stereocenters. The monoisotopic (exact) mass is 338 g/mol. The molecular formula is C19H22N4O2. The molecular weight excluding hydrogens is 316 g/mol. The van der Waals surface area contributed by atoms with E-state index < -0.39 is 0 Å². The maximum atomic E-state index is 12.6. The molecule has 1 aromatic heterocycles. The zero-order valence-corrected chi connectivity index (χ0v) is 14.0. The number of ether oxygens (including phenoxy) is 1. The minimum Gasteiger partial charge on any atom is -0.437 e. The van der Waals surface area contributed by atoms with Crippen LogP contribution in [0.15, 0.2) is 42.9 Å². The van der Waals surface area contributed by atoms with Gasteiger partial charge in [-0.1, -0.05) is 18.9 Å². The summed E-state index contributed by atoms with van der Waals surface area (Å²) in [6.07, 6.45) is 10.6. The van der Waals surface area contributed by atoms with Gasteiger partial charge in [0.05, 0.1) is 12.2 Å². The van der Waals surface area contributed by atoms with Crippen LogP contribution in [0.2, 0.25) is 0 Å². The number of hydrogen-bond donors (Lipinski definition) is 2. The van der Waals surface area contributed by atoms with Crippen LogP contribution < -0.4 is 15.4 Å². The van der Waals surface area contributed by atoms with E-state index in [0.717, 1.165) is 12.1 Å². The SMILES string of the molecule is O=C(Nc1cccc(Oc2cnccn2)c1)C1CC2CCCCC2N1. The molecule has 1 saturated carbocycles. The maximum Gasteiger partial charge on any atom is 0.241 e. The Morgan fingerprint density at radius 3 is 3.00 bits per heavy atom. The van der Waals surface area contributed by atoms with Gasteiger partial charge in [-0.3, -0.25) is 9.78 Å². The van der Waals surface area contributed by atoms with Crippen LogP contribution in [0.5, 0.6) is 11.6 Å². The summed E-state index contributed by atoms with van der Waals surface area (Å²) in [4.78, 5) is 20.7. The third-order valence-electron chi connectivity index (χ3n) is 5.04. The number of carbonyl (C=O) groups excluding carboxylic acids is 1. The summed E-state index contributed by atoms with van der Waals surface area (Å²) in [6, 6.07) is 7.75. The average molecular weight is 338 g/mol. The van der Waals surface area contributed by atoms with Gasteiger partial charge in [0.25, 0.3) is 0 Å². The first kappa shape index (κ1) is 16.0. The Hall–Kier alpha value is -2.47. The van der Waals surface area contributed by atoms with E-state index in [1.54, 1.807) is 24.7 Å². The van der Waals surface area contributed by atoms with Crippen molar-refractivity contribution < 1.29 is 9.53 Å². The number of nitrogens with zero attached hydrogens (tertiary/aromatic N) is 2. The Labute approximate surface area is 147 Å². The number of anilines is 1. The highest BCUT2D eigenvalue weighted by atomic mass is 16.5. The van der Waals surface area contributed by atoms with Crippen molar-refractivity contribution in [3.05, 3.63) is 42.9 Å². The van der Waals surface area contributed by atoms with Gasteiger partial charge in [-0.2, -0.15) is 0 Å². The van der Waals surface area contributed by atoms with Crippen molar-refractivity contribution >= 4 is 11.6 Å². The molecule has 1 amide bonds. The van der Waals surface area contributed by atoms with E-state index in [1.807, 2.05) is 18.2 Å². The van der Waals surface area contributed by atoms with Crippen molar-refractivity contribution in [2.75, 3.05) is 5.32 Å². The van der Waals surface area contributed by atoms with Gasteiger partial charge in [-0.15, -0.1) is 0 Å². The van der Waals surface area contributed by atoms with Crippen LogP contribution >= 0.6 is 0 Å². The standard InChI is InChI=1S/C19H22N4O2/c24-19(17-10-13-4-1-2-7-16(13)23-17)22-14-5-3-6-15(11-14)25-18-12-20-8-9-21-18/h3,5-6,8-9,11-13,16-17,23H,1-2,4,7,10H2,(H,22,24). The van der Waals surface area contributed by atoms with E-state index in [2.05, 4.69) is 20.6 Å². The second kappa shape index (κ2) is 7.19. The lowest BCUT2D eigenvalue weighted by atomic mass is 9.85. The molecule has 0 radical (unpaired) electrons. The molecule has 1 aliphatic heterocycles. The van der Waals surface area contributed by atoms with Gasteiger partial charge in [0.2, 0.25) is 11.8 Å². The molecule has 2 heterocycles. The zero-order valence-electron chi connectivity index (χ0n) is 14.0. The molecule has 6 nitrogen and oxygen atoms in total. The number of amides is 1. The molecule has 3 atom stereocenters. The maximum absolute atomic E-state index is 12.6. The minimum absolute atomic E-state index is 0.0334. The molecule has 25 heavy (non-hydrogen) atoms. The Kier molecular flexibility index (Phi) is 4.61. The van der Waals surface area contributed by atoms with Gasteiger partial charge in [0.1, 0.15) is 5.75 Å². The Bertz CT molecular complexity index is 723. The van der Waals surface area contributed by atoms with Crippen molar-refractivity contribution in [1.29, 1.82) is 0 Å². The first-order valence-corrected chi connectivity index (χ1v) is 8.89. The summed E-state index contributed by atoms with van der Waals surface area (Å²) in [5.41, 5.74) is 0.725. The first-order valence-electron chi connectivity index (χ1n) is 8.89. The van der Waals surface area contributed by atoms with Gasteiger partial charge < -0.3 is 15.4 Å². The summed E-state index contributed by atoms with van der Waals surface area (Å²) in [7, 11) is 0. The fourth-order valence-electron chi connectivity index (χ4n) is 3.85. The van der Waals surface area contributed by atoms with Gasteiger partial charge in [0.15, 0.2) is 0 Å². The van der Waals surface area contributed by atoms with E-state index in [0.29, 0.717) is 23.6 Å². The van der Waals surface area contributed by atoms with Crippen LogP contribution in [0.1, 0.15) is 32.1 Å². The molecule has 4 rings (SSSR count). The lowest BCUT2D eigenvalue weighted by molar-refractivity contribution is -0.117. The predicted molar refractivity (Wildman–Crippen MR) is 94.5 cm³/mol. The van der Waals surface area contributed by atoms with Crippen molar-refractivity contribution in [2.45, 2.75) is 44.2 Å². The van der Waals surface area contributed by atoms with Gasteiger partial charge in [0, 0.05) is 30.2 Å². The number of benzene rings is 1. The first-order chi connectivity index (χ1) is 12.3.